The number of rotatable bonds is 6. The third kappa shape index (κ3) is 5.17. The molecule has 0 aliphatic rings. The molecule has 0 fully saturated rings. The Hall–Kier alpha value is -3.15. The van der Waals surface area contributed by atoms with E-state index < -0.39 is 23.9 Å². The Kier molecular flexibility index (Phi) is 6.11. The molecular weight excluding hydrogens is 334 g/mol. The molecule has 2 rings (SSSR count). The Morgan fingerprint density at radius 2 is 1.81 bits per heavy atom. The second-order valence-electron chi connectivity index (χ2n) is 6.11. The highest BCUT2D eigenvalue weighted by Crippen LogP contribution is 2.15. The molecule has 0 spiro atoms. The molecule has 2 aromatic carbocycles. The predicted octanol–water partition coefficient (Wildman–Crippen LogP) is 2.65. The summed E-state index contributed by atoms with van der Waals surface area (Å²) in [6.07, 6.45) is 0.172. The molecule has 0 unspecified atom stereocenters. The quantitative estimate of drug-likeness (QED) is 0.614. The van der Waals surface area contributed by atoms with Gasteiger partial charge in [0.2, 0.25) is 0 Å². The zero-order valence-corrected chi connectivity index (χ0v) is 14.9. The Bertz CT molecular complexity index is 844. The Labute approximate surface area is 151 Å². The monoisotopic (exact) mass is 355 g/mol. The number of aryl methyl sites for hydroxylation is 2. The fourth-order valence-corrected chi connectivity index (χ4v) is 2.47. The normalized spacial score (nSPS) is 11.5. The fraction of sp³-hybridized carbons (Fsp3) is 0.250. The topological polar surface area (TPSA) is 92.7 Å². The maximum absolute atomic E-state index is 12.4. The maximum Gasteiger partial charge on any atom is 0.326 e. The number of esters is 1. The molecule has 6 nitrogen and oxygen atoms in total. The van der Waals surface area contributed by atoms with Crippen molar-refractivity contribution in [1.82, 2.24) is 5.32 Å². The van der Waals surface area contributed by atoms with Crippen LogP contribution in [-0.4, -0.2) is 29.0 Å². The van der Waals surface area contributed by atoms with Crippen LogP contribution in [0.2, 0.25) is 0 Å². The van der Waals surface area contributed by atoms with Gasteiger partial charge in [-0.15, -0.1) is 0 Å². The minimum atomic E-state index is -1.12. The molecule has 0 saturated heterocycles. The number of nitrogens with one attached hydrogen (secondary N) is 1. The minimum absolute atomic E-state index is 0.172. The molecule has 0 saturated carbocycles. The average molecular weight is 355 g/mol. The van der Waals surface area contributed by atoms with Gasteiger partial charge in [0.1, 0.15) is 11.8 Å². The van der Waals surface area contributed by atoms with Gasteiger partial charge < -0.3 is 15.2 Å². The standard InChI is InChI=1S/C20H21NO5/c1-12-7-8-15(9-13(12)2)10-18(20(24)25)21-19(23)16-5-4-6-17(11-16)26-14(3)22/h4-9,11,18H,10H2,1-3H3,(H,21,23)(H,24,25)/t18-/m1/s1. The van der Waals surface area contributed by atoms with E-state index in [1.165, 1.54) is 19.1 Å². The lowest BCUT2D eigenvalue weighted by atomic mass is 10.0. The summed E-state index contributed by atoms with van der Waals surface area (Å²) >= 11 is 0. The SMILES string of the molecule is CC(=O)Oc1cccc(C(=O)N[C@H](Cc2ccc(C)c(C)c2)C(=O)O)c1. The predicted molar refractivity (Wildman–Crippen MR) is 96.3 cm³/mol. The molecule has 136 valence electrons. The fourth-order valence-electron chi connectivity index (χ4n) is 2.47. The van der Waals surface area contributed by atoms with Gasteiger partial charge in [-0.2, -0.15) is 0 Å². The van der Waals surface area contributed by atoms with Gasteiger partial charge in [-0.1, -0.05) is 24.3 Å². The van der Waals surface area contributed by atoms with Crippen molar-refractivity contribution in [1.29, 1.82) is 0 Å². The van der Waals surface area contributed by atoms with Crippen LogP contribution in [0.1, 0.15) is 34.0 Å². The molecule has 2 aromatic rings. The van der Waals surface area contributed by atoms with Crippen LogP contribution in [-0.2, 0) is 16.0 Å². The molecule has 0 aliphatic heterocycles. The number of ether oxygens (including phenoxy) is 1. The third-order valence-corrected chi connectivity index (χ3v) is 3.97. The summed E-state index contributed by atoms with van der Waals surface area (Å²) in [5.41, 5.74) is 3.23. The van der Waals surface area contributed by atoms with Gasteiger partial charge in [0.15, 0.2) is 0 Å². The first-order chi connectivity index (χ1) is 12.3. The Morgan fingerprint density at radius 3 is 2.42 bits per heavy atom. The van der Waals surface area contributed by atoms with Crippen molar-refractivity contribution in [3.05, 3.63) is 64.7 Å². The van der Waals surface area contributed by atoms with Crippen LogP contribution < -0.4 is 10.1 Å². The van der Waals surface area contributed by atoms with Crippen LogP contribution in [0.5, 0.6) is 5.75 Å². The van der Waals surface area contributed by atoms with E-state index in [9.17, 15) is 19.5 Å². The van der Waals surface area contributed by atoms with E-state index in [1.807, 2.05) is 32.0 Å². The van der Waals surface area contributed by atoms with Gasteiger partial charge in [-0.3, -0.25) is 9.59 Å². The van der Waals surface area contributed by atoms with E-state index in [2.05, 4.69) is 5.32 Å². The van der Waals surface area contributed by atoms with Gasteiger partial charge >= 0.3 is 11.9 Å². The van der Waals surface area contributed by atoms with Crippen LogP contribution in [0.15, 0.2) is 42.5 Å². The van der Waals surface area contributed by atoms with Gasteiger partial charge in [-0.25, -0.2) is 4.79 Å². The van der Waals surface area contributed by atoms with Crippen molar-refractivity contribution in [2.75, 3.05) is 0 Å². The number of hydrogen-bond acceptors (Lipinski definition) is 4. The second kappa shape index (κ2) is 8.29. The first kappa shape index (κ1) is 19.2. The number of hydrogen-bond donors (Lipinski definition) is 2. The number of carboxylic acids is 1. The van der Waals surface area contributed by atoms with E-state index in [4.69, 9.17) is 4.74 Å². The van der Waals surface area contributed by atoms with Crippen molar-refractivity contribution in [2.45, 2.75) is 33.2 Å². The molecule has 2 N–H and O–H groups in total. The van der Waals surface area contributed by atoms with E-state index in [0.717, 1.165) is 16.7 Å². The van der Waals surface area contributed by atoms with Crippen LogP contribution in [0.25, 0.3) is 0 Å². The van der Waals surface area contributed by atoms with Gasteiger partial charge in [-0.05, 0) is 48.7 Å². The number of amides is 1. The largest absolute Gasteiger partial charge is 0.480 e. The summed E-state index contributed by atoms with van der Waals surface area (Å²) in [5.74, 6) is -1.94. The van der Waals surface area contributed by atoms with Crippen molar-refractivity contribution in [3.63, 3.8) is 0 Å². The highest BCUT2D eigenvalue weighted by atomic mass is 16.5. The minimum Gasteiger partial charge on any atom is -0.480 e. The second-order valence-corrected chi connectivity index (χ2v) is 6.11. The van der Waals surface area contributed by atoms with Crippen molar-refractivity contribution >= 4 is 17.8 Å². The van der Waals surface area contributed by atoms with E-state index in [-0.39, 0.29) is 17.7 Å². The van der Waals surface area contributed by atoms with Crippen molar-refractivity contribution < 1.29 is 24.2 Å². The number of carbonyl (C=O) groups is 3. The summed E-state index contributed by atoms with van der Waals surface area (Å²) < 4.78 is 4.94. The first-order valence-corrected chi connectivity index (χ1v) is 8.14. The number of benzene rings is 2. The first-order valence-electron chi connectivity index (χ1n) is 8.14. The number of aliphatic carboxylic acids is 1. The molecule has 1 amide bonds. The van der Waals surface area contributed by atoms with Crippen LogP contribution in [0.3, 0.4) is 0 Å². The highest BCUT2D eigenvalue weighted by Gasteiger charge is 2.21. The molecule has 6 heteroatoms. The summed E-state index contributed by atoms with van der Waals surface area (Å²) in [7, 11) is 0. The lowest BCUT2D eigenvalue weighted by Crippen LogP contribution is -2.42. The van der Waals surface area contributed by atoms with E-state index in [1.54, 1.807) is 12.1 Å². The van der Waals surface area contributed by atoms with Crippen LogP contribution in [0.4, 0.5) is 0 Å². The molecule has 0 heterocycles. The molecule has 0 aliphatic carbocycles. The Morgan fingerprint density at radius 1 is 1.08 bits per heavy atom. The lowest BCUT2D eigenvalue weighted by molar-refractivity contribution is -0.139. The molecule has 26 heavy (non-hydrogen) atoms. The van der Waals surface area contributed by atoms with Crippen molar-refractivity contribution in [2.24, 2.45) is 0 Å². The van der Waals surface area contributed by atoms with Gasteiger partial charge in [0.05, 0.1) is 0 Å². The smallest absolute Gasteiger partial charge is 0.326 e. The zero-order chi connectivity index (χ0) is 19.3. The van der Waals surface area contributed by atoms with Crippen LogP contribution >= 0.6 is 0 Å². The lowest BCUT2D eigenvalue weighted by Gasteiger charge is -2.16. The Balaban J connectivity index is 2.14. The van der Waals surface area contributed by atoms with E-state index >= 15 is 0 Å². The molecule has 0 radical (unpaired) electrons. The average Bonchev–Trinajstić information content (AvgIpc) is 2.57. The number of carboxylic acid groups (broad SMARTS) is 1. The van der Waals surface area contributed by atoms with Crippen molar-refractivity contribution in [3.8, 4) is 5.75 Å². The summed E-state index contributed by atoms with van der Waals surface area (Å²) in [5, 5.41) is 12.0. The van der Waals surface area contributed by atoms with Crippen LogP contribution in [0, 0.1) is 13.8 Å². The maximum atomic E-state index is 12.4. The molecular formula is C20H21NO5. The van der Waals surface area contributed by atoms with E-state index in [0.29, 0.717) is 0 Å². The van der Waals surface area contributed by atoms with Gasteiger partial charge in [0.25, 0.3) is 5.91 Å². The molecule has 0 aromatic heterocycles. The molecule has 0 bridgehead atoms. The molecule has 1 atom stereocenters. The highest BCUT2D eigenvalue weighted by molar-refractivity contribution is 5.97. The number of carbonyl (C=O) groups excluding carboxylic acids is 2. The summed E-state index contributed by atoms with van der Waals surface area (Å²) in [6, 6.07) is 10.7. The summed E-state index contributed by atoms with van der Waals surface area (Å²) in [6.45, 7) is 5.19. The zero-order valence-electron chi connectivity index (χ0n) is 14.9. The van der Waals surface area contributed by atoms with Gasteiger partial charge in [0, 0.05) is 18.9 Å². The summed E-state index contributed by atoms with van der Waals surface area (Å²) in [4.78, 5) is 35.0. The third-order valence-electron chi connectivity index (χ3n) is 3.97.